The molecule has 2 N–H and O–H groups in total. The van der Waals surface area contributed by atoms with Gasteiger partial charge in [-0.3, -0.25) is 4.98 Å². The Hall–Kier alpha value is -4.53. The van der Waals surface area contributed by atoms with E-state index in [0.717, 1.165) is 0 Å². The minimum atomic E-state index is -4.06. The smallest absolute Gasteiger partial charge is 0.338 e. The van der Waals surface area contributed by atoms with E-state index >= 15 is 0 Å². The predicted molar refractivity (Wildman–Crippen MR) is 162 cm³/mol. The van der Waals surface area contributed by atoms with Gasteiger partial charge in [0.15, 0.2) is 0 Å². The zero-order valence-electron chi connectivity index (χ0n) is 24.9. The summed E-state index contributed by atoms with van der Waals surface area (Å²) in [7, 11) is 0.177. The van der Waals surface area contributed by atoms with Crippen molar-refractivity contribution < 1.29 is 36.9 Å². The van der Waals surface area contributed by atoms with Gasteiger partial charge in [0, 0.05) is 42.2 Å². The molecular formula is C30H33N5O8S. The molecule has 14 heteroatoms. The quantitative estimate of drug-likeness (QED) is 0.231. The third-order valence-corrected chi connectivity index (χ3v) is 8.29. The number of methoxy groups -OCH3 is 3. The summed E-state index contributed by atoms with van der Waals surface area (Å²) in [5, 5.41) is 3.73. The molecule has 1 aliphatic rings. The molecule has 0 radical (unpaired) electrons. The summed E-state index contributed by atoms with van der Waals surface area (Å²) in [5.41, 5.74) is 2.65. The Bertz CT molecular complexity index is 1790. The van der Waals surface area contributed by atoms with Crippen LogP contribution in [0.2, 0.25) is 0 Å². The molecular weight excluding hydrogens is 590 g/mol. The standard InChI is InChI=1S/C30H33N5O8S/c1-17(2)43-22-11-19(29(36)40-4)10-21(13-22)33-27-23-7-6-18(24-14-32-30(41-5)34-28(24)39-3)12-25(23)31-15-26(27)44(37,38)35-20-8-9-42-16-20/h6-7,10-15,17,20,35H,8-9,16H2,1-5H3,(H,31,33). The fraction of sp³-hybridized carbons (Fsp3) is 0.333. The van der Waals surface area contributed by atoms with Gasteiger partial charge in [-0.1, -0.05) is 12.1 Å². The largest absolute Gasteiger partial charge is 0.491 e. The van der Waals surface area contributed by atoms with Crippen LogP contribution < -0.4 is 24.2 Å². The molecule has 1 atom stereocenters. The number of rotatable bonds is 11. The van der Waals surface area contributed by atoms with E-state index in [1.165, 1.54) is 27.5 Å². The zero-order valence-corrected chi connectivity index (χ0v) is 25.7. The van der Waals surface area contributed by atoms with E-state index < -0.39 is 16.0 Å². The van der Waals surface area contributed by atoms with Gasteiger partial charge >= 0.3 is 12.0 Å². The van der Waals surface area contributed by atoms with Crippen molar-refractivity contribution in [2.24, 2.45) is 0 Å². The van der Waals surface area contributed by atoms with Crippen LogP contribution in [-0.4, -0.2) is 76.0 Å². The second-order valence-corrected chi connectivity index (χ2v) is 11.9. The van der Waals surface area contributed by atoms with Crippen LogP contribution in [0.5, 0.6) is 17.6 Å². The maximum absolute atomic E-state index is 13.7. The van der Waals surface area contributed by atoms with Crippen molar-refractivity contribution in [2.75, 3.05) is 39.9 Å². The first-order valence-corrected chi connectivity index (χ1v) is 15.3. The van der Waals surface area contributed by atoms with Gasteiger partial charge in [-0.2, -0.15) is 4.98 Å². The van der Waals surface area contributed by atoms with Crippen molar-refractivity contribution in [3.63, 3.8) is 0 Å². The number of ether oxygens (including phenoxy) is 5. The van der Waals surface area contributed by atoms with E-state index in [1.807, 2.05) is 13.8 Å². The van der Waals surface area contributed by atoms with Crippen molar-refractivity contribution in [2.45, 2.75) is 37.3 Å². The molecule has 44 heavy (non-hydrogen) atoms. The highest BCUT2D eigenvalue weighted by Gasteiger charge is 2.28. The predicted octanol–water partition coefficient (Wildman–Crippen LogP) is 4.09. The first-order chi connectivity index (χ1) is 21.1. The molecule has 1 saturated heterocycles. The lowest BCUT2D eigenvalue weighted by molar-refractivity contribution is 0.0600. The van der Waals surface area contributed by atoms with E-state index in [-0.39, 0.29) is 40.9 Å². The van der Waals surface area contributed by atoms with Gasteiger partial charge in [-0.15, -0.1) is 0 Å². The fourth-order valence-corrected chi connectivity index (χ4v) is 6.15. The van der Waals surface area contributed by atoms with E-state index in [4.69, 9.17) is 23.7 Å². The second kappa shape index (κ2) is 13.0. The first kappa shape index (κ1) is 30.9. The number of nitrogens with one attached hydrogen (secondary N) is 2. The van der Waals surface area contributed by atoms with Crippen molar-refractivity contribution in [1.82, 2.24) is 19.7 Å². The Morgan fingerprint density at radius 1 is 1.05 bits per heavy atom. The van der Waals surface area contributed by atoms with Crippen LogP contribution in [0.4, 0.5) is 11.4 Å². The van der Waals surface area contributed by atoms with E-state index in [1.54, 1.807) is 42.6 Å². The number of fused-ring (bicyclic) bond motifs is 1. The molecule has 1 fully saturated rings. The SMILES string of the molecule is COC(=O)c1cc(Nc2c(S(=O)(=O)NC3CCOC3)cnc3cc(-c4cnc(OC)nc4OC)ccc23)cc(OC(C)C)c1. The second-order valence-electron chi connectivity index (χ2n) is 10.2. The van der Waals surface area contributed by atoms with Crippen LogP contribution in [0, 0.1) is 0 Å². The van der Waals surface area contributed by atoms with Gasteiger partial charge in [0.1, 0.15) is 10.6 Å². The van der Waals surface area contributed by atoms with E-state index in [2.05, 4.69) is 25.0 Å². The van der Waals surface area contributed by atoms with Crippen LogP contribution >= 0.6 is 0 Å². The lowest BCUT2D eigenvalue weighted by Crippen LogP contribution is -2.35. The van der Waals surface area contributed by atoms with Gasteiger partial charge < -0.3 is 29.0 Å². The topological polar surface area (TPSA) is 160 Å². The van der Waals surface area contributed by atoms with Crippen LogP contribution in [0.1, 0.15) is 30.6 Å². The molecule has 2 aromatic carbocycles. The number of carbonyl (C=O) groups is 1. The summed E-state index contributed by atoms with van der Waals surface area (Å²) in [5.74, 6) is 0.134. The molecule has 0 spiro atoms. The average molecular weight is 624 g/mol. The summed E-state index contributed by atoms with van der Waals surface area (Å²) in [6.07, 6.45) is 3.24. The number of pyridine rings is 1. The Balaban J connectivity index is 1.66. The molecule has 2 aromatic heterocycles. The highest BCUT2D eigenvalue weighted by Crippen LogP contribution is 2.37. The van der Waals surface area contributed by atoms with Gasteiger partial charge in [-0.25, -0.2) is 22.9 Å². The number of hydrogen-bond donors (Lipinski definition) is 2. The number of sulfonamides is 1. The van der Waals surface area contributed by atoms with Crippen molar-refractivity contribution in [3.8, 4) is 28.8 Å². The average Bonchev–Trinajstić information content (AvgIpc) is 3.51. The molecule has 1 aliphatic heterocycles. The normalized spacial score (nSPS) is 14.9. The number of benzene rings is 2. The molecule has 0 amide bonds. The van der Waals surface area contributed by atoms with Crippen LogP contribution in [0.25, 0.3) is 22.0 Å². The lowest BCUT2D eigenvalue weighted by atomic mass is 10.0. The number of hydrogen-bond acceptors (Lipinski definition) is 12. The van der Waals surface area contributed by atoms with Crippen LogP contribution in [-0.2, 0) is 19.5 Å². The molecule has 0 aliphatic carbocycles. The Kier molecular flexibility index (Phi) is 9.13. The van der Waals surface area contributed by atoms with Gasteiger partial charge in [0.05, 0.1) is 56.4 Å². The first-order valence-electron chi connectivity index (χ1n) is 13.8. The molecule has 13 nitrogen and oxygen atoms in total. The van der Waals surface area contributed by atoms with Crippen molar-refractivity contribution >= 4 is 38.3 Å². The summed E-state index contributed by atoms with van der Waals surface area (Å²) < 4.78 is 56.9. The molecule has 3 heterocycles. The number of carbonyl (C=O) groups excluding carboxylic acids is 1. The summed E-state index contributed by atoms with van der Waals surface area (Å²) in [6, 6.07) is 9.91. The zero-order chi connectivity index (χ0) is 31.4. The monoisotopic (exact) mass is 623 g/mol. The fourth-order valence-electron chi connectivity index (χ4n) is 4.78. The maximum Gasteiger partial charge on any atom is 0.338 e. The molecule has 0 bridgehead atoms. The highest BCUT2D eigenvalue weighted by atomic mass is 32.2. The molecule has 0 saturated carbocycles. The third-order valence-electron chi connectivity index (χ3n) is 6.76. The van der Waals surface area contributed by atoms with E-state index in [0.29, 0.717) is 52.4 Å². The van der Waals surface area contributed by atoms with Gasteiger partial charge in [0.2, 0.25) is 15.9 Å². The number of nitrogens with zero attached hydrogens (tertiary/aromatic N) is 3. The Morgan fingerprint density at radius 2 is 1.86 bits per heavy atom. The Morgan fingerprint density at radius 3 is 2.55 bits per heavy atom. The lowest BCUT2D eigenvalue weighted by Gasteiger charge is -2.19. The minimum Gasteiger partial charge on any atom is -0.491 e. The minimum absolute atomic E-state index is 0.0789. The molecule has 4 aromatic rings. The highest BCUT2D eigenvalue weighted by molar-refractivity contribution is 7.89. The van der Waals surface area contributed by atoms with Gasteiger partial charge in [0.25, 0.3) is 0 Å². The van der Waals surface area contributed by atoms with Crippen molar-refractivity contribution in [1.29, 1.82) is 0 Å². The van der Waals surface area contributed by atoms with Crippen molar-refractivity contribution in [3.05, 3.63) is 54.4 Å². The molecule has 1 unspecified atom stereocenters. The Labute approximate surface area is 254 Å². The third kappa shape index (κ3) is 6.67. The number of aromatic nitrogens is 3. The number of esters is 1. The summed E-state index contributed by atoms with van der Waals surface area (Å²) >= 11 is 0. The summed E-state index contributed by atoms with van der Waals surface area (Å²) in [6.45, 7) is 4.46. The van der Waals surface area contributed by atoms with E-state index in [9.17, 15) is 13.2 Å². The number of anilines is 2. The maximum atomic E-state index is 13.7. The van der Waals surface area contributed by atoms with Crippen LogP contribution in [0.15, 0.2) is 53.7 Å². The van der Waals surface area contributed by atoms with Gasteiger partial charge in [-0.05, 0) is 44.0 Å². The molecule has 232 valence electrons. The summed E-state index contributed by atoms with van der Waals surface area (Å²) in [4.78, 5) is 25.4. The molecule has 5 rings (SSSR count). The van der Waals surface area contributed by atoms with Crippen LogP contribution in [0.3, 0.4) is 0 Å².